The Morgan fingerprint density at radius 2 is 1.04 bits per heavy atom. The van der Waals surface area contributed by atoms with Crippen molar-refractivity contribution in [3.05, 3.63) is 12.2 Å². The number of carbonyl (C=O) groups excluding carboxylic acids is 1. The van der Waals surface area contributed by atoms with Gasteiger partial charge in [0.25, 0.3) is 0 Å². The first-order valence-electron chi connectivity index (χ1n) is 23.1. The van der Waals surface area contributed by atoms with Gasteiger partial charge in [-0.1, -0.05) is 174 Å². The number of hydrogen-bond acceptors (Lipinski definition) is 10. The average molecular weight is 802 g/mol. The molecule has 1 aliphatic heterocycles. The first-order chi connectivity index (χ1) is 27.2. The number of allylic oxidation sites excluding steroid dienone is 2. The Labute approximate surface area is 341 Å². The van der Waals surface area contributed by atoms with Gasteiger partial charge in [0.15, 0.2) is 6.29 Å². The fourth-order valence-electron chi connectivity index (χ4n) is 7.43. The first kappa shape index (κ1) is 52.9. The van der Waals surface area contributed by atoms with Crippen molar-refractivity contribution in [1.82, 2.24) is 5.32 Å². The van der Waals surface area contributed by atoms with Crippen LogP contribution in [0.3, 0.4) is 0 Å². The highest BCUT2D eigenvalue weighted by Crippen LogP contribution is 2.23. The van der Waals surface area contributed by atoms with E-state index in [2.05, 4.69) is 31.3 Å². The van der Waals surface area contributed by atoms with Crippen molar-refractivity contribution >= 4 is 5.91 Å². The fourth-order valence-corrected chi connectivity index (χ4v) is 7.43. The molecule has 0 aromatic carbocycles. The van der Waals surface area contributed by atoms with Crippen LogP contribution in [0.2, 0.25) is 0 Å². The fraction of sp³-hybridized carbons (Fsp3) is 0.933. The smallest absolute Gasteiger partial charge is 0.249 e. The molecule has 8 N–H and O–H groups in total. The second kappa shape index (κ2) is 35.8. The van der Waals surface area contributed by atoms with E-state index in [0.717, 1.165) is 57.8 Å². The van der Waals surface area contributed by atoms with Crippen LogP contribution in [-0.4, -0.2) is 110 Å². The van der Waals surface area contributed by atoms with Crippen molar-refractivity contribution in [1.29, 1.82) is 0 Å². The standard InChI is InChI=1S/C45H87NO10/c1-3-5-7-9-11-13-15-17-19-21-22-24-26-28-30-32-37(48)40(50)36(35-55-45-43(53)42(52)41(51)39(34-47)56-45)46-44(54)38(49)33-31-29-27-25-23-20-18-16-14-12-10-8-6-4-2/h14,16,36-43,45,47-53H,3-13,15,17-35H2,1-2H3,(H,46,54)/b16-14-. The Morgan fingerprint density at radius 3 is 1.52 bits per heavy atom. The van der Waals surface area contributed by atoms with Gasteiger partial charge in [0, 0.05) is 0 Å². The molecule has 0 aliphatic carbocycles. The van der Waals surface area contributed by atoms with Gasteiger partial charge in [-0.3, -0.25) is 4.79 Å². The van der Waals surface area contributed by atoms with Crippen molar-refractivity contribution in [3.8, 4) is 0 Å². The Balaban J connectivity index is 2.47. The minimum absolute atomic E-state index is 0.255. The number of carbonyl (C=O) groups is 1. The first-order valence-corrected chi connectivity index (χ1v) is 23.1. The van der Waals surface area contributed by atoms with Gasteiger partial charge >= 0.3 is 0 Å². The van der Waals surface area contributed by atoms with Crippen LogP contribution in [0.5, 0.6) is 0 Å². The summed E-state index contributed by atoms with van der Waals surface area (Å²) in [6.07, 6.45) is 25.4. The number of aliphatic hydroxyl groups excluding tert-OH is 7. The topological polar surface area (TPSA) is 189 Å². The maximum absolute atomic E-state index is 13.1. The number of hydrogen-bond donors (Lipinski definition) is 8. The van der Waals surface area contributed by atoms with E-state index in [1.54, 1.807) is 0 Å². The monoisotopic (exact) mass is 802 g/mol. The molecule has 56 heavy (non-hydrogen) atoms. The third kappa shape index (κ3) is 25.4. The van der Waals surface area contributed by atoms with Crippen molar-refractivity contribution in [3.63, 3.8) is 0 Å². The van der Waals surface area contributed by atoms with E-state index in [1.165, 1.54) is 103 Å². The molecule has 0 spiro atoms. The summed E-state index contributed by atoms with van der Waals surface area (Å²) in [6.45, 7) is 3.42. The molecule has 1 aliphatic rings. The Kier molecular flexibility index (Phi) is 33.8. The summed E-state index contributed by atoms with van der Waals surface area (Å²) in [5.41, 5.74) is 0. The minimum Gasteiger partial charge on any atom is -0.394 e. The average Bonchev–Trinajstić information content (AvgIpc) is 3.20. The van der Waals surface area contributed by atoms with Gasteiger partial charge < -0.3 is 50.5 Å². The quantitative estimate of drug-likeness (QED) is 0.0233. The van der Waals surface area contributed by atoms with Crippen molar-refractivity contribution in [2.24, 2.45) is 0 Å². The molecule has 1 heterocycles. The van der Waals surface area contributed by atoms with Crippen molar-refractivity contribution < 1.29 is 50.0 Å². The SMILES string of the molecule is CCCCCC/C=C\CCCCCCCCC(O)C(=O)NC(COC1OC(CO)C(O)C(O)C1O)C(O)C(O)CCCCCCCCCCCCCCCCC. The summed E-state index contributed by atoms with van der Waals surface area (Å²) in [5.74, 6) is -0.702. The zero-order chi connectivity index (χ0) is 41.2. The molecule has 0 aromatic rings. The summed E-state index contributed by atoms with van der Waals surface area (Å²) in [7, 11) is 0. The van der Waals surface area contributed by atoms with Gasteiger partial charge in [0.2, 0.25) is 5.91 Å². The largest absolute Gasteiger partial charge is 0.394 e. The minimum atomic E-state index is -1.66. The van der Waals surface area contributed by atoms with Crippen molar-refractivity contribution in [2.45, 2.75) is 255 Å². The number of unbranched alkanes of at least 4 members (excludes halogenated alkanes) is 24. The van der Waals surface area contributed by atoms with Crippen molar-refractivity contribution in [2.75, 3.05) is 13.2 Å². The second-order valence-corrected chi connectivity index (χ2v) is 16.5. The van der Waals surface area contributed by atoms with Crippen LogP contribution in [0, 0.1) is 0 Å². The highest BCUT2D eigenvalue weighted by molar-refractivity contribution is 5.80. The predicted molar refractivity (Wildman–Crippen MR) is 224 cm³/mol. The van der Waals surface area contributed by atoms with Gasteiger partial charge in [0.05, 0.1) is 25.4 Å². The lowest BCUT2D eigenvalue weighted by atomic mass is 9.98. The predicted octanol–water partition coefficient (Wildman–Crippen LogP) is 7.28. The number of rotatable bonds is 38. The number of amides is 1. The summed E-state index contributed by atoms with van der Waals surface area (Å²) in [5, 5.41) is 75.6. The van der Waals surface area contributed by atoms with Crippen LogP contribution in [0.25, 0.3) is 0 Å². The molecule has 0 aromatic heterocycles. The third-order valence-corrected chi connectivity index (χ3v) is 11.3. The second-order valence-electron chi connectivity index (χ2n) is 16.5. The van der Waals surface area contributed by atoms with Crippen LogP contribution in [0.15, 0.2) is 12.2 Å². The molecular weight excluding hydrogens is 714 g/mol. The molecule has 0 bridgehead atoms. The van der Waals surface area contributed by atoms with E-state index in [1.807, 2.05) is 0 Å². The highest BCUT2D eigenvalue weighted by atomic mass is 16.7. The lowest BCUT2D eigenvalue weighted by molar-refractivity contribution is -0.303. The van der Waals surface area contributed by atoms with E-state index in [9.17, 15) is 40.5 Å². The van der Waals surface area contributed by atoms with E-state index >= 15 is 0 Å². The normalized spacial score (nSPS) is 22.3. The van der Waals surface area contributed by atoms with E-state index in [4.69, 9.17) is 9.47 Å². The lowest BCUT2D eigenvalue weighted by Crippen LogP contribution is -2.60. The molecule has 0 radical (unpaired) electrons. The maximum Gasteiger partial charge on any atom is 0.249 e. The molecule has 9 unspecified atom stereocenters. The number of nitrogens with one attached hydrogen (secondary N) is 1. The molecule has 11 nitrogen and oxygen atoms in total. The zero-order valence-corrected chi connectivity index (χ0v) is 35.6. The van der Waals surface area contributed by atoms with Gasteiger partial charge in [-0.2, -0.15) is 0 Å². The van der Waals surface area contributed by atoms with Gasteiger partial charge in [-0.15, -0.1) is 0 Å². The van der Waals surface area contributed by atoms with Crippen LogP contribution in [0.1, 0.15) is 200 Å². The summed E-state index contributed by atoms with van der Waals surface area (Å²) in [6, 6.07) is -1.17. The summed E-state index contributed by atoms with van der Waals surface area (Å²) < 4.78 is 11.1. The van der Waals surface area contributed by atoms with Crippen LogP contribution in [-0.2, 0) is 14.3 Å². The number of ether oxygens (including phenoxy) is 2. The molecular formula is C45H87NO10. The lowest BCUT2D eigenvalue weighted by Gasteiger charge is -2.40. The molecule has 1 amide bonds. The van der Waals surface area contributed by atoms with Gasteiger partial charge in [-0.25, -0.2) is 0 Å². The Hall–Kier alpha value is -1.15. The highest BCUT2D eigenvalue weighted by Gasteiger charge is 2.44. The zero-order valence-electron chi connectivity index (χ0n) is 35.6. The summed E-state index contributed by atoms with van der Waals surface area (Å²) >= 11 is 0. The molecule has 1 fully saturated rings. The molecule has 0 saturated carbocycles. The molecule has 11 heteroatoms. The molecule has 1 rings (SSSR count). The summed E-state index contributed by atoms with van der Waals surface area (Å²) in [4.78, 5) is 13.1. The van der Waals surface area contributed by atoms with E-state index < -0.39 is 74.2 Å². The Morgan fingerprint density at radius 1 is 0.607 bits per heavy atom. The maximum atomic E-state index is 13.1. The van der Waals surface area contributed by atoms with Crippen LogP contribution < -0.4 is 5.32 Å². The van der Waals surface area contributed by atoms with Crippen LogP contribution in [0.4, 0.5) is 0 Å². The number of aliphatic hydroxyl groups is 7. The third-order valence-electron chi connectivity index (χ3n) is 11.3. The molecule has 1 saturated heterocycles. The van der Waals surface area contributed by atoms with Gasteiger partial charge in [0.1, 0.15) is 36.6 Å². The van der Waals surface area contributed by atoms with Crippen LogP contribution >= 0.6 is 0 Å². The van der Waals surface area contributed by atoms with E-state index in [0.29, 0.717) is 19.3 Å². The molecule has 332 valence electrons. The van der Waals surface area contributed by atoms with E-state index in [-0.39, 0.29) is 6.42 Å². The van der Waals surface area contributed by atoms with Gasteiger partial charge in [-0.05, 0) is 38.5 Å². The molecule has 9 atom stereocenters. The Bertz CT molecular complexity index is 923.